The highest BCUT2D eigenvalue weighted by molar-refractivity contribution is 6.01. The first kappa shape index (κ1) is 21.1. The fourth-order valence-electron chi connectivity index (χ4n) is 3.10. The summed E-state index contributed by atoms with van der Waals surface area (Å²) in [4.78, 5) is 51.2. The number of imide groups is 1. The summed E-state index contributed by atoms with van der Waals surface area (Å²) in [5.41, 5.74) is -1.84. The molecule has 0 aromatic heterocycles. The summed E-state index contributed by atoms with van der Waals surface area (Å²) in [5.74, 6) is -2.20. The van der Waals surface area contributed by atoms with Gasteiger partial charge in [-0.15, -0.1) is 5.06 Å². The lowest BCUT2D eigenvalue weighted by Gasteiger charge is -2.24. The van der Waals surface area contributed by atoms with E-state index in [9.17, 15) is 23.6 Å². The second-order valence-electron chi connectivity index (χ2n) is 7.00. The molecule has 8 heteroatoms. The van der Waals surface area contributed by atoms with E-state index in [1.54, 1.807) is 6.08 Å². The largest absolute Gasteiger partial charge is 0.353 e. The summed E-state index contributed by atoms with van der Waals surface area (Å²) in [6.07, 6.45) is 8.46. The van der Waals surface area contributed by atoms with Gasteiger partial charge in [-0.1, -0.05) is 18.6 Å². The smallest absolute Gasteiger partial charge is 0.333 e. The van der Waals surface area contributed by atoms with Crippen LogP contribution in [0.1, 0.15) is 70.6 Å². The van der Waals surface area contributed by atoms with Gasteiger partial charge in [0, 0.05) is 32.2 Å². The van der Waals surface area contributed by atoms with Crippen molar-refractivity contribution in [3.8, 4) is 0 Å². The Bertz CT molecular complexity index is 591. The van der Waals surface area contributed by atoms with Gasteiger partial charge < -0.3 is 10.2 Å². The second kappa shape index (κ2) is 10.2. The van der Waals surface area contributed by atoms with Gasteiger partial charge in [0.15, 0.2) is 5.67 Å². The van der Waals surface area contributed by atoms with Crippen molar-refractivity contribution in [1.29, 1.82) is 0 Å². The average Bonchev–Trinajstić information content (AvgIpc) is 2.93. The number of alkyl halides is 1. The van der Waals surface area contributed by atoms with E-state index in [1.807, 2.05) is 6.08 Å². The van der Waals surface area contributed by atoms with E-state index in [0.29, 0.717) is 37.3 Å². The van der Waals surface area contributed by atoms with Crippen molar-refractivity contribution in [3.63, 3.8) is 0 Å². The zero-order chi connectivity index (χ0) is 19.7. The molecule has 3 amide bonds. The van der Waals surface area contributed by atoms with Gasteiger partial charge in [-0.25, -0.2) is 9.18 Å². The number of carbonyl (C=O) groups is 4. The van der Waals surface area contributed by atoms with Crippen LogP contribution in [0.3, 0.4) is 0 Å². The number of nitrogens with zero attached hydrogens (tertiary/aromatic N) is 1. The Labute approximate surface area is 158 Å². The van der Waals surface area contributed by atoms with E-state index >= 15 is 0 Å². The minimum atomic E-state index is -1.84. The molecule has 1 N–H and O–H groups in total. The first-order valence-corrected chi connectivity index (χ1v) is 9.61. The number of rotatable bonds is 8. The summed E-state index contributed by atoms with van der Waals surface area (Å²) in [7, 11) is 0. The van der Waals surface area contributed by atoms with Crippen molar-refractivity contribution in [2.75, 3.05) is 6.54 Å². The summed E-state index contributed by atoms with van der Waals surface area (Å²) in [6, 6.07) is 0. The lowest BCUT2D eigenvalue weighted by Crippen LogP contribution is -2.43. The molecule has 2 rings (SSSR count). The molecule has 1 aliphatic heterocycles. The van der Waals surface area contributed by atoms with Crippen LogP contribution in [0.5, 0.6) is 0 Å². The second-order valence-corrected chi connectivity index (χ2v) is 7.00. The number of allylic oxidation sites excluding steroid dienone is 2. The molecule has 7 nitrogen and oxygen atoms in total. The maximum atomic E-state index is 14.8. The number of nitrogens with one attached hydrogen (secondary N) is 1. The summed E-state index contributed by atoms with van der Waals surface area (Å²) in [6.45, 7) is 0.340. The molecule has 0 saturated carbocycles. The number of halogens is 1. The molecule has 1 unspecified atom stereocenters. The maximum absolute atomic E-state index is 14.8. The van der Waals surface area contributed by atoms with Gasteiger partial charge in [0.05, 0.1) is 0 Å². The molecule has 27 heavy (non-hydrogen) atoms. The van der Waals surface area contributed by atoms with E-state index in [-0.39, 0.29) is 32.1 Å². The zero-order valence-corrected chi connectivity index (χ0v) is 15.5. The molecule has 0 bridgehead atoms. The lowest BCUT2D eigenvalue weighted by atomic mass is 9.91. The SMILES string of the molecule is O=C(CCCCCNC(=O)C1(F)C/C=C\CCCC1)ON1C(=O)CCC1=O. The number of hydroxylamine groups is 2. The Morgan fingerprint density at radius 1 is 1.11 bits per heavy atom. The monoisotopic (exact) mass is 382 g/mol. The first-order valence-electron chi connectivity index (χ1n) is 9.61. The minimum Gasteiger partial charge on any atom is -0.353 e. The van der Waals surface area contributed by atoms with Crippen LogP contribution >= 0.6 is 0 Å². The molecule has 0 aromatic carbocycles. The van der Waals surface area contributed by atoms with Gasteiger partial charge in [0.25, 0.3) is 17.7 Å². The number of unbranched alkanes of at least 4 members (excludes halogenated alkanes) is 2. The van der Waals surface area contributed by atoms with Crippen LogP contribution in [0.25, 0.3) is 0 Å². The minimum absolute atomic E-state index is 0.0671. The first-order chi connectivity index (χ1) is 12.9. The van der Waals surface area contributed by atoms with Crippen LogP contribution in [-0.2, 0) is 24.0 Å². The van der Waals surface area contributed by atoms with E-state index < -0.39 is 29.4 Å². The Kier molecular flexibility index (Phi) is 7.94. The van der Waals surface area contributed by atoms with Gasteiger partial charge in [-0.2, -0.15) is 0 Å². The third-order valence-electron chi connectivity index (χ3n) is 4.75. The van der Waals surface area contributed by atoms with Crippen molar-refractivity contribution in [1.82, 2.24) is 10.4 Å². The average molecular weight is 382 g/mol. The van der Waals surface area contributed by atoms with Gasteiger partial charge in [-0.3, -0.25) is 14.4 Å². The standard InChI is InChI=1S/C19H27FN2O5/c20-19(12-6-2-1-3-7-13-19)18(26)21-14-8-4-5-9-17(25)27-22-15(23)10-11-16(22)24/h2,6H,1,3-5,7-14H2,(H,21,26)/b6-2-. The third kappa shape index (κ3) is 6.45. The fraction of sp³-hybridized carbons (Fsp3) is 0.684. The van der Waals surface area contributed by atoms with Crippen LogP contribution in [0.4, 0.5) is 4.39 Å². The molecule has 1 saturated heterocycles. The molecule has 1 heterocycles. The van der Waals surface area contributed by atoms with Gasteiger partial charge in [-0.05, 0) is 38.5 Å². The Morgan fingerprint density at radius 2 is 1.85 bits per heavy atom. The molecule has 150 valence electrons. The van der Waals surface area contributed by atoms with Crippen molar-refractivity contribution in [3.05, 3.63) is 12.2 Å². The Morgan fingerprint density at radius 3 is 2.59 bits per heavy atom. The quantitative estimate of drug-likeness (QED) is 0.396. The normalized spacial score (nSPS) is 24.3. The number of hydrogen-bond donors (Lipinski definition) is 1. The summed E-state index contributed by atoms with van der Waals surface area (Å²) >= 11 is 0. The van der Waals surface area contributed by atoms with Crippen LogP contribution < -0.4 is 5.32 Å². The topological polar surface area (TPSA) is 92.8 Å². The van der Waals surface area contributed by atoms with Crippen molar-refractivity contribution in [2.24, 2.45) is 0 Å². The highest BCUT2D eigenvalue weighted by Crippen LogP contribution is 2.27. The van der Waals surface area contributed by atoms with Crippen LogP contribution in [0.2, 0.25) is 0 Å². The number of carbonyl (C=O) groups excluding carboxylic acids is 4. The molecule has 0 spiro atoms. The molecular formula is C19H27FN2O5. The van der Waals surface area contributed by atoms with E-state index in [2.05, 4.69) is 5.32 Å². The zero-order valence-electron chi connectivity index (χ0n) is 15.5. The summed E-state index contributed by atoms with van der Waals surface area (Å²) in [5, 5.41) is 3.17. The van der Waals surface area contributed by atoms with Gasteiger partial charge in [0.2, 0.25) is 0 Å². The van der Waals surface area contributed by atoms with Crippen molar-refractivity contribution >= 4 is 23.7 Å². The van der Waals surface area contributed by atoms with Crippen LogP contribution in [0.15, 0.2) is 12.2 Å². The molecule has 0 aromatic rings. The number of amides is 3. The highest BCUT2D eigenvalue weighted by Gasteiger charge is 2.37. The van der Waals surface area contributed by atoms with Crippen LogP contribution in [0, 0.1) is 0 Å². The van der Waals surface area contributed by atoms with Crippen molar-refractivity contribution < 1.29 is 28.4 Å². The predicted octanol–water partition coefficient (Wildman–Crippen LogP) is 2.50. The molecular weight excluding hydrogens is 355 g/mol. The fourth-order valence-corrected chi connectivity index (χ4v) is 3.10. The molecule has 1 atom stereocenters. The van der Waals surface area contributed by atoms with E-state index in [1.165, 1.54) is 0 Å². The van der Waals surface area contributed by atoms with E-state index in [0.717, 1.165) is 12.8 Å². The van der Waals surface area contributed by atoms with Crippen molar-refractivity contribution in [2.45, 2.75) is 76.3 Å². The third-order valence-corrected chi connectivity index (χ3v) is 4.75. The van der Waals surface area contributed by atoms with E-state index in [4.69, 9.17) is 4.84 Å². The maximum Gasteiger partial charge on any atom is 0.333 e. The molecule has 1 aliphatic carbocycles. The predicted molar refractivity (Wildman–Crippen MR) is 94.7 cm³/mol. The Balaban J connectivity index is 1.58. The molecule has 2 aliphatic rings. The number of hydrogen-bond acceptors (Lipinski definition) is 5. The Hall–Kier alpha value is -2.25. The van der Waals surface area contributed by atoms with Gasteiger partial charge in [0.1, 0.15) is 0 Å². The highest BCUT2D eigenvalue weighted by atomic mass is 19.1. The molecule has 0 radical (unpaired) electrons. The lowest BCUT2D eigenvalue weighted by molar-refractivity contribution is -0.197. The van der Waals surface area contributed by atoms with Crippen LogP contribution in [-0.4, -0.2) is 41.0 Å². The molecule has 1 fully saturated rings. The summed E-state index contributed by atoms with van der Waals surface area (Å²) < 4.78 is 14.8. The van der Waals surface area contributed by atoms with Gasteiger partial charge >= 0.3 is 5.97 Å².